The summed E-state index contributed by atoms with van der Waals surface area (Å²) in [4.78, 5) is 12.9. The number of carbonyl (C=O) groups is 1. The second-order valence-electron chi connectivity index (χ2n) is 7.51. The number of benzene rings is 2. The van der Waals surface area contributed by atoms with Crippen molar-refractivity contribution in [2.45, 2.75) is 26.3 Å². The van der Waals surface area contributed by atoms with Crippen LogP contribution in [-0.2, 0) is 14.8 Å². The first kappa shape index (κ1) is 25.6. The molecule has 0 fully saturated rings. The maximum Gasteiger partial charge on any atom is 0.241 e. The van der Waals surface area contributed by atoms with E-state index in [2.05, 4.69) is 5.32 Å². The second kappa shape index (κ2) is 10.8. The Balaban J connectivity index is 2.30. The average molecular weight is 508 g/mol. The average Bonchev–Trinajstić information content (AvgIpc) is 2.67. The van der Waals surface area contributed by atoms with E-state index in [0.29, 0.717) is 18.1 Å². The van der Waals surface area contributed by atoms with Gasteiger partial charge >= 0.3 is 0 Å². The van der Waals surface area contributed by atoms with Crippen molar-refractivity contribution in [3.05, 3.63) is 57.0 Å². The van der Waals surface area contributed by atoms with Crippen LogP contribution in [0.3, 0.4) is 0 Å². The molecule has 0 unspecified atom stereocenters. The van der Waals surface area contributed by atoms with E-state index in [1.54, 1.807) is 7.11 Å². The SMILES string of the molecule is COc1ccc([C@@H](CC(C)C)NC(=O)CN(c2cc(Cl)c(Cl)cc2Cl)S(C)(=O)=O)cc1. The molecule has 1 atom stereocenters. The van der Waals surface area contributed by atoms with E-state index in [1.807, 2.05) is 38.1 Å². The molecule has 0 saturated heterocycles. The van der Waals surface area contributed by atoms with Crippen molar-refractivity contribution in [2.75, 3.05) is 24.2 Å². The van der Waals surface area contributed by atoms with Gasteiger partial charge in [0.05, 0.1) is 40.2 Å². The Kier molecular flexibility index (Phi) is 8.89. The van der Waals surface area contributed by atoms with E-state index in [9.17, 15) is 13.2 Å². The molecule has 0 heterocycles. The fourth-order valence-electron chi connectivity index (χ4n) is 3.04. The van der Waals surface area contributed by atoms with E-state index in [-0.39, 0.29) is 26.8 Å². The molecule has 0 aliphatic rings. The summed E-state index contributed by atoms with van der Waals surface area (Å²) in [5, 5.41) is 3.32. The minimum absolute atomic E-state index is 0.0708. The summed E-state index contributed by atoms with van der Waals surface area (Å²) in [6.07, 6.45) is 1.67. The Labute approximate surface area is 198 Å². The van der Waals surface area contributed by atoms with Crippen LogP contribution in [0.4, 0.5) is 5.69 Å². The molecule has 1 amide bonds. The number of rotatable bonds is 9. The zero-order valence-corrected chi connectivity index (χ0v) is 20.7. The van der Waals surface area contributed by atoms with E-state index >= 15 is 0 Å². The Morgan fingerprint density at radius 2 is 1.65 bits per heavy atom. The highest BCUT2D eigenvalue weighted by atomic mass is 35.5. The largest absolute Gasteiger partial charge is 0.497 e. The van der Waals surface area contributed by atoms with Crippen molar-refractivity contribution in [2.24, 2.45) is 5.92 Å². The maximum atomic E-state index is 12.9. The van der Waals surface area contributed by atoms with Gasteiger partial charge in [-0.3, -0.25) is 9.10 Å². The smallest absolute Gasteiger partial charge is 0.241 e. The van der Waals surface area contributed by atoms with Crippen molar-refractivity contribution in [1.82, 2.24) is 5.32 Å². The summed E-state index contributed by atoms with van der Waals surface area (Å²) in [7, 11) is -2.25. The first-order chi connectivity index (χ1) is 14.4. The van der Waals surface area contributed by atoms with Crippen LogP contribution in [0.25, 0.3) is 0 Å². The molecule has 31 heavy (non-hydrogen) atoms. The third-order valence-corrected chi connectivity index (χ3v) is 6.66. The molecule has 6 nitrogen and oxygen atoms in total. The van der Waals surface area contributed by atoms with Gasteiger partial charge in [0.25, 0.3) is 0 Å². The molecule has 0 aromatic heterocycles. The number of hydrogen-bond acceptors (Lipinski definition) is 4. The van der Waals surface area contributed by atoms with Crippen LogP contribution in [0.15, 0.2) is 36.4 Å². The van der Waals surface area contributed by atoms with Gasteiger partial charge < -0.3 is 10.1 Å². The van der Waals surface area contributed by atoms with Gasteiger partial charge in [-0.25, -0.2) is 8.42 Å². The molecule has 1 N–H and O–H groups in total. The maximum absolute atomic E-state index is 12.9. The summed E-state index contributed by atoms with van der Waals surface area (Å²) in [5.74, 6) is 0.521. The first-order valence-corrected chi connectivity index (χ1v) is 12.5. The Morgan fingerprint density at radius 1 is 1.06 bits per heavy atom. The van der Waals surface area contributed by atoms with Crippen LogP contribution in [0, 0.1) is 5.92 Å². The fourth-order valence-corrected chi connectivity index (χ4v) is 4.59. The molecule has 0 bridgehead atoms. The minimum atomic E-state index is -3.83. The summed E-state index contributed by atoms with van der Waals surface area (Å²) >= 11 is 18.2. The topological polar surface area (TPSA) is 75.7 Å². The highest BCUT2D eigenvalue weighted by Crippen LogP contribution is 2.35. The molecule has 0 radical (unpaired) electrons. The van der Waals surface area contributed by atoms with Gasteiger partial charge in [-0.05, 0) is 42.2 Å². The Morgan fingerprint density at radius 3 is 2.16 bits per heavy atom. The lowest BCUT2D eigenvalue weighted by molar-refractivity contribution is -0.120. The van der Waals surface area contributed by atoms with Crippen LogP contribution in [0.1, 0.15) is 31.9 Å². The first-order valence-electron chi connectivity index (χ1n) is 9.48. The van der Waals surface area contributed by atoms with Gasteiger partial charge in [-0.2, -0.15) is 0 Å². The summed E-state index contributed by atoms with van der Waals surface area (Å²) in [6.45, 7) is 3.63. The summed E-state index contributed by atoms with van der Waals surface area (Å²) < 4.78 is 30.9. The Bertz CT molecular complexity index is 1030. The number of halogens is 3. The zero-order chi connectivity index (χ0) is 23.3. The van der Waals surface area contributed by atoms with Crippen LogP contribution in [0.2, 0.25) is 15.1 Å². The third kappa shape index (κ3) is 7.17. The van der Waals surface area contributed by atoms with Gasteiger partial charge in [-0.1, -0.05) is 60.8 Å². The molecule has 0 saturated carbocycles. The van der Waals surface area contributed by atoms with Gasteiger partial charge in [0.15, 0.2) is 0 Å². The van der Waals surface area contributed by atoms with Crippen molar-refractivity contribution in [3.63, 3.8) is 0 Å². The van der Waals surface area contributed by atoms with E-state index in [0.717, 1.165) is 16.1 Å². The summed E-state index contributed by atoms with van der Waals surface area (Å²) in [5.41, 5.74) is 0.972. The predicted molar refractivity (Wildman–Crippen MR) is 127 cm³/mol. The Hall–Kier alpha value is -1.67. The lowest BCUT2D eigenvalue weighted by Gasteiger charge is -2.26. The second-order valence-corrected chi connectivity index (χ2v) is 10.6. The summed E-state index contributed by atoms with van der Waals surface area (Å²) in [6, 6.07) is 9.74. The molecular formula is C21H25Cl3N2O4S. The third-order valence-electron chi connectivity index (χ3n) is 4.51. The highest BCUT2D eigenvalue weighted by molar-refractivity contribution is 7.92. The molecule has 0 aliphatic carbocycles. The van der Waals surface area contributed by atoms with Crippen molar-refractivity contribution in [1.29, 1.82) is 0 Å². The molecule has 2 aromatic rings. The molecular weight excluding hydrogens is 483 g/mol. The van der Waals surface area contributed by atoms with E-state index in [1.165, 1.54) is 12.1 Å². The number of sulfonamides is 1. The number of hydrogen-bond donors (Lipinski definition) is 1. The molecule has 0 aliphatic heterocycles. The molecule has 2 aromatic carbocycles. The standard InChI is InChI=1S/C21H25Cl3N2O4S/c1-13(2)9-19(14-5-7-15(30-3)8-6-14)25-21(27)12-26(31(4,28)29)20-11-17(23)16(22)10-18(20)24/h5-8,10-11,13,19H,9,12H2,1-4H3,(H,25,27)/t19-/m1/s1. The van der Waals surface area contributed by atoms with Crippen LogP contribution >= 0.6 is 34.8 Å². The minimum Gasteiger partial charge on any atom is -0.497 e. The van der Waals surface area contributed by atoms with Crippen LogP contribution < -0.4 is 14.4 Å². The normalized spacial score (nSPS) is 12.5. The van der Waals surface area contributed by atoms with Gasteiger partial charge in [0, 0.05) is 0 Å². The fraction of sp³-hybridized carbons (Fsp3) is 0.381. The van der Waals surface area contributed by atoms with Crippen LogP contribution in [0.5, 0.6) is 5.75 Å². The van der Waals surface area contributed by atoms with Crippen molar-refractivity contribution < 1.29 is 17.9 Å². The number of ether oxygens (including phenoxy) is 1. The number of amides is 1. The van der Waals surface area contributed by atoms with Gasteiger partial charge in [-0.15, -0.1) is 0 Å². The van der Waals surface area contributed by atoms with E-state index < -0.39 is 22.5 Å². The molecule has 2 rings (SSSR count). The molecule has 170 valence electrons. The number of anilines is 1. The number of nitrogens with zero attached hydrogens (tertiary/aromatic N) is 1. The van der Waals surface area contributed by atoms with Crippen molar-refractivity contribution >= 4 is 56.4 Å². The van der Waals surface area contributed by atoms with Crippen LogP contribution in [-0.4, -0.2) is 34.2 Å². The monoisotopic (exact) mass is 506 g/mol. The molecule has 0 spiro atoms. The van der Waals surface area contributed by atoms with Gasteiger partial charge in [0.1, 0.15) is 12.3 Å². The number of methoxy groups -OCH3 is 1. The quantitative estimate of drug-likeness (QED) is 0.466. The van der Waals surface area contributed by atoms with E-state index in [4.69, 9.17) is 39.5 Å². The number of nitrogens with one attached hydrogen (secondary N) is 1. The lowest BCUT2D eigenvalue weighted by atomic mass is 9.97. The zero-order valence-electron chi connectivity index (χ0n) is 17.7. The highest BCUT2D eigenvalue weighted by Gasteiger charge is 2.26. The van der Waals surface area contributed by atoms with Gasteiger partial charge in [0.2, 0.25) is 15.9 Å². The predicted octanol–water partition coefficient (Wildman–Crippen LogP) is 5.33. The lowest BCUT2D eigenvalue weighted by Crippen LogP contribution is -2.42. The number of carbonyl (C=O) groups excluding carboxylic acids is 1. The van der Waals surface area contributed by atoms with Crippen molar-refractivity contribution in [3.8, 4) is 5.75 Å². The molecule has 10 heteroatoms.